The molecular weight excluding hydrogens is 336 g/mol. The largest absolute Gasteiger partial charge is 0.0654 e. The highest BCUT2D eigenvalue weighted by Crippen LogP contribution is 2.51. The first kappa shape index (κ1) is 20.5. The fourth-order valence-corrected chi connectivity index (χ4v) is 7.13. The molecule has 0 aromatic heterocycles. The standard InChI is InChI=1S/C28H44/c1-3-4-5-6-22-9-13-24(14-10-22)26-16-18-27-19-25(15-17-28(27)20-26)23-11-7-21(2)8-12-23/h7-8,11-12,22,24-28H,3-6,9-10,13-20H2,1-2H3. The van der Waals surface area contributed by atoms with Crippen molar-refractivity contribution in [3.05, 3.63) is 35.4 Å². The predicted octanol–water partition coefficient (Wildman–Crippen LogP) is 8.68. The Balaban J connectivity index is 1.24. The van der Waals surface area contributed by atoms with Crippen LogP contribution < -0.4 is 0 Å². The Morgan fingerprint density at radius 1 is 0.679 bits per heavy atom. The molecule has 0 radical (unpaired) electrons. The molecule has 4 unspecified atom stereocenters. The van der Waals surface area contributed by atoms with Crippen LogP contribution in [0.15, 0.2) is 24.3 Å². The van der Waals surface area contributed by atoms with E-state index in [1.807, 2.05) is 0 Å². The molecule has 0 heteroatoms. The lowest BCUT2D eigenvalue weighted by Gasteiger charge is -2.45. The van der Waals surface area contributed by atoms with Crippen molar-refractivity contribution in [1.29, 1.82) is 0 Å². The predicted molar refractivity (Wildman–Crippen MR) is 122 cm³/mol. The molecule has 0 aliphatic heterocycles. The van der Waals surface area contributed by atoms with Gasteiger partial charge in [0.25, 0.3) is 0 Å². The number of hydrogen-bond acceptors (Lipinski definition) is 0. The van der Waals surface area contributed by atoms with E-state index in [0.717, 1.165) is 35.5 Å². The van der Waals surface area contributed by atoms with Crippen LogP contribution in [0.3, 0.4) is 0 Å². The van der Waals surface area contributed by atoms with E-state index in [1.54, 1.807) is 44.1 Å². The van der Waals surface area contributed by atoms with Crippen LogP contribution in [0.2, 0.25) is 0 Å². The summed E-state index contributed by atoms with van der Waals surface area (Å²) < 4.78 is 0. The normalized spacial score (nSPS) is 36.1. The van der Waals surface area contributed by atoms with Gasteiger partial charge in [-0.15, -0.1) is 0 Å². The average molecular weight is 381 g/mol. The maximum atomic E-state index is 2.41. The minimum Gasteiger partial charge on any atom is -0.0654 e. The average Bonchev–Trinajstić information content (AvgIpc) is 2.74. The second kappa shape index (κ2) is 9.82. The molecule has 28 heavy (non-hydrogen) atoms. The van der Waals surface area contributed by atoms with E-state index in [9.17, 15) is 0 Å². The lowest BCUT2D eigenvalue weighted by Crippen LogP contribution is -2.34. The summed E-state index contributed by atoms with van der Waals surface area (Å²) in [5, 5.41) is 0. The molecule has 4 atom stereocenters. The van der Waals surface area contributed by atoms with Gasteiger partial charge in [-0.25, -0.2) is 0 Å². The Bertz CT molecular complexity index is 577. The first-order chi connectivity index (χ1) is 13.7. The topological polar surface area (TPSA) is 0 Å². The number of fused-ring (bicyclic) bond motifs is 1. The summed E-state index contributed by atoms with van der Waals surface area (Å²) in [5.41, 5.74) is 3.02. The molecule has 0 amide bonds. The summed E-state index contributed by atoms with van der Waals surface area (Å²) in [4.78, 5) is 0. The van der Waals surface area contributed by atoms with Crippen molar-refractivity contribution in [2.75, 3.05) is 0 Å². The third kappa shape index (κ3) is 5.03. The van der Waals surface area contributed by atoms with Gasteiger partial charge in [-0.05, 0) is 99.4 Å². The van der Waals surface area contributed by atoms with Crippen LogP contribution in [-0.4, -0.2) is 0 Å². The van der Waals surface area contributed by atoms with Crippen LogP contribution in [0.25, 0.3) is 0 Å². The van der Waals surface area contributed by atoms with Crippen LogP contribution in [0.5, 0.6) is 0 Å². The van der Waals surface area contributed by atoms with E-state index in [2.05, 4.69) is 38.1 Å². The van der Waals surface area contributed by atoms with Gasteiger partial charge < -0.3 is 0 Å². The fourth-order valence-electron chi connectivity index (χ4n) is 7.13. The first-order valence-electron chi connectivity index (χ1n) is 12.8. The van der Waals surface area contributed by atoms with Gasteiger partial charge >= 0.3 is 0 Å². The first-order valence-corrected chi connectivity index (χ1v) is 12.8. The Hall–Kier alpha value is -0.780. The Morgan fingerprint density at radius 3 is 2.00 bits per heavy atom. The highest BCUT2D eigenvalue weighted by Gasteiger charge is 2.38. The number of rotatable bonds is 6. The van der Waals surface area contributed by atoms with Gasteiger partial charge in [0.2, 0.25) is 0 Å². The zero-order chi connectivity index (χ0) is 19.3. The van der Waals surface area contributed by atoms with Crippen LogP contribution in [0.4, 0.5) is 0 Å². The Morgan fingerprint density at radius 2 is 1.29 bits per heavy atom. The third-order valence-electron chi connectivity index (χ3n) is 8.98. The molecule has 3 fully saturated rings. The summed E-state index contributed by atoms with van der Waals surface area (Å²) in [6, 6.07) is 9.45. The van der Waals surface area contributed by atoms with Crippen LogP contribution in [0, 0.1) is 36.5 Å². The number of aryl methyl sites for hydroxylation is 1. The molecule has 0 nitrogen and oxygen atoms in total. The summed E-state index contributed by atoms with van der Waals surface area (Å²) in [5.74, 6) is 6.16. The molecule has 3 aliphatic carbocycles. The minimum atomic E-state index is 0.844. The van der Waals surface area contributed by atoms with Gasteiger partial charge in [0, 0.05) is 0 Å². The van der Waals surface area contributed by atoms with Gasteiger partial charge in [-0.1, -0.05) is 75.3 Å². The Labute approximate surface area is 174 Å². The van der Waals surface area contributed by atoms with Gasteiger partial charge in [0.15, 0.2) is 0 Å². The summed E-state index contributed by atoms with van der Waals surface area (Å²) in [6.07, 6.45) is 21.2. The van der Waals surface area contributed by atoms with Gasteiger partial charge in [-0.3, -0.25) is 0 Å². The second-order valence-corrected chi connectivity index (χ2v) is 10.8. The monoisotopic (exact) mass is 380 g/mol. The smallest absolute Gasteiger partial charge is 0.0159 e. The molecule has 4 rings (SSSR count). The Kier molecular flexibility index (Phi) is 7.18. The van der Waals surface area contributed by atoms with Gasteiger partial charge in [-0.2, -0.15) is 0 Å². The van der Waals surface area contributed by atoms with Crippen molar-refractivity contribution in [3.8, 4) is 0 Å². The molecule has 3 aliphatic rings. The van der Waals surface area contributed by atoms with Crippen molar-refractivity contribution >= 4 is 0 Å². The summed E-state index contributed by atoms with van der Waals surface area (Å²) in [7, 11) is 0. The van der Waals surface area contributed by atoms with Crippen molar-refractivity contribution in [2.45, 2.75) is 110 Å². The zero-order valence-electron chi connectivity index (χ0n) is 18.7. The van der Waals surface area contributed by atoms with Crippen LogP contribution >= 0.6 is 0 Å². The van der Waals surface area contributed by atoms with Crippen molar-refractivity contribution < 1.29 is 0 Å². The molecule has 1 aromatic carbocycles. The molecule has 3 saturated carbocycles. The number of hydrogen-bond donors (Lipinski definition) is 0. The van der Waals surface area contributed by atoms with E-state index in [0.29, 0.717) is 0 Å². The van der Waals surface area contributed by atoms with Gasteiger partial charge in [0.05, 0.1) is 0 Å². The lowest BCUT2D eigenvalue weighted by atomic mass is 9.60. The second-order valence-electron chi connectivity index (χ2n) is 10.8. The molecule has 0 heterocycles. The van der Waals surface area contributed by atoms with E-state index in [-0.39, 0.29) is 0 Å². The highest BCUT2D eigenvalue weighted by molar-refractivity contribution is 5.25. The maximum absolute atomic E-state index is 2.41. The lowest BCUT2D eigenvalue weighted by molar-refractivity contribution is 0.0710. The SMILES string of the molecule is CCCCCC1CCC(C2CCC3CC(c4ccc(C)cc4)CCC3C2)CC1. The van der Waals surface area contributed by atoms with E-state index < -0.39 is 0 Å². The van der Waals surface area contributed by atoms with Crippen molar-refractivity contribution in [2.24, 2.45) is 29.6 Å². The molecule has 0 bridgehead atoms. The van der Waals surface area contributed by atoms with Crippen LogP contribution in [-0.2, 0) is 0 Å². The van der Waals surface area contributed by atoms with E-state index in [1.165, 1.54) is 56.9 Å². The highest BCUT2D eigenvalue weighted by atomic mass is 14.4. The van der Waals surface area contributed by atoms with Gasteiger partial charge in [0.1, 0.15) is 0 Å². The molecule has 0 spiro atoms. The zero-order valence-corrected chi connectivity index (χ0v) is 18.7. The van der Waals surface area contributed by atoms with Crippen molar-refractivity contribution in [1.82, 2.24) is 0 Å². The molecule has 0 saturated heterocycles. The van der Waals surface area contributed by atoms with Crippen molar-refractivity contribution in [3.63, 3.8) is 0 Å². The molecular formula is C28H44. The molecule has 1 aromatic rings. The van der Waals surface area contributed by atoms with E-state index >= 15 is 0 Å². The summed E-state index contributed by atoms with van der Waals surface area (Å²) >= 11 is 0. The molecule has 156 valence electrons. The fraction of sp³-hybridized carbons (Fsp3) is 0.786. The third-order valence-corrected chi connectivity index (χ3v) is 8.98. The number of benzene rings is 1. The quantitative estimate of drug-likeness (QED) is 0.433. The molecule has 0 N–H and O–H groups in total. The maximum Gasteiger partial charge on any atom is -0.0159 e. The number of unbranched alkanes of at least 4 members (excludes halogenated alkanes) is 2. The van der Waals surface area contributed by atoms with Crippen LogP contribution in [0.1, 0.15) is 114 Å². The summed E-state index contributed by atoms with van der Waals surface area (Å²) in [6.45, 7) is 4.54. The minimum absolute atomic E-state index is 0.844. The van der Waals surface area contributed by atoms with E-state index in [4.69, 9.17) is 0 Å².